The molecule has 0 aliphatic carbocycles. The third-order valence-corrected chi connectivity index (χ3v) is 3.56. The number of furan rings is 1. The largest absolute Gasteiger partial charge is 0.469 e. The normalized spacial score (nSPS) is 19.6. The van der Waals surface area contributed by atoms with E-state index in [0.717, 1.165) is 19.4 Å². The predicted octanol–water partition coefficient (Wildman–Crippen LogP) is 1.45. The van der Waals surface area contributed by atoms with Crippen LogP contribution in [0, 0.1) is 5.92 Å². The average Bonchev–Trinajstić information content (AvgIpc) is 2.94. The second-order valence-electron chi connectivity index (χ2n) is 4.85. The lowest BCUT2D eigenvalue weighted by Crippen LogP contribution is -2.38. The Hall–Kier alpha value is -1.82. The second-order valence-corrected chi connectivity index (χ2v) is 4.85. The van der Waals surface area contributed by atoms with Gasteiger partial charge in [-0.3, -0.25) is 9.69 Å². The standard InChI is InChI=1S/C14H19NO5/c1-18-13(16)10-4-3-6-15(8-10)9-12-11(5-7-20-12)14(17)19-2/h5,7,10H,3-4,6,8-9H2,1-2H3/t10-/m0/s1. The maximum Gasteiger partial charge on any atom is 0.341 e. The molecule has 1 aromatic heterocycles. The first kappa shape index (κ1) is 14.6. The van der Waals surface area contributed by atoms with Crippen molar-refractivity contribution in [2.75, 3.05) is 27.3 Å². The van der Waals surface area contributed by atoms with Crippen LogP contribution in [0.3, 0.4) is 0 Å². The van der Waals surface area contributed by atoms with Crippen molar-refractivity contribution < 1.29 is 23.5 Å². The average molecular weight is 281 g/mol. The minimum Gasteiger partial charge on any atom is -0.469 e. The minimum atomic E-state index is -0.407. The van der Waals surface area contributed by atoms with Crippen LogP contribution >= 0.6 is 0 Å². The summed E-state index contributed by atoms with van der Waals surface area (Å²) in [7, 11) is 2.75. The molecule has 0 N–H and O–H groups in total. The van der Waals surface area contributed by atoms with Crippen LogP contribution < -0.4 is 0 Å². The third-order valence-electron chi connectivity index (χ3n) is 3.56. The fourth-order valence-corrected chi connectivity index (χ4v) is 2.52. The van der Waals surface area contributed by atoms with Crippen molar-refractivity contribution >= 4 is 11.9 Å². The lowest BCUT2D eigenvalue weighted by atomic mass is 9.98. The van der Waals surface area contributed by atoms with Gasteiger partial charge in [0.05, 0.1) is 32.9 Å². The van der Waals surface area contributed by atoms with Crippen LogP contribution in [-0.4, -0.2) is 44.1 Å². The van der Waals surface area contributed by atoms with Gasteiger partial charge in [-0.2, -0.15) is 0 Å². The number of esters is 2. The van der Waals surface area contributed by atoms with Crippen LogP contribution in [0.15, 0.2) is 16.7 Å². The molecule has 6 heteroatoms. The zero-order valence-corrected chi connectivity index (χ0v) is 11.8. The van der Waals surface area contributed by atoms with Gasteiger partial charge in [0.25, 0.3) is 0 Å². The first-order valence-corrected chi connectivity index (χ1v) is 6.60. The van der Waals surface area contributed by atoms with Crippen LogP contribution in [0.4, 0.5) is 0 Å². The van der Waals surface area contributed by atoms with Crippen LogP contribution in [0.25, 0.3) is 0 Å². The van der Waals surface area contributed by atoms with Gasteiger partial charge in [-0.25, -0.2) is 4.79 Å². The van der Waals surface area contributed by atoms with Crippen LogP contribution in [-0.2, 0) is 20.8 Å². The van der Waals surface area contributed by atoms with Gasteiger partial charge in [-0.15, -0.1) is 0 Å². The van der Waals surface area contributed by atoms with Gasteiger partial charge < -0.3 is 13.9 Å². The molecule has 6 nitrogen and oxygen atoms in total. The third kappa shape index (κ3) is 3.19. The van der Waals surface area contributed by atoms with E-state index in [-0.39, 0.29) is 11.9 Å². The molecule has 0 amide bonds. The van der Waals surface area contributed by atoms with E-state index < -0.39 is 5.97 Å². The van der Waals surface area contributed by atoms with E-state index in [1.54, 1.807) is 6.07 Å². The van der Waals surface area contributed by atoms with Crippen LogP contribution in [0.2, 0.25) is 0 Å². The monoisotopic (exact) mass is 281 g/mol. The smallest absolute Gasteiger partial charge is 0.341 e. The van der Waals surface area contributed by atoms with Gasteiger partial charge in [0.15, 0.2) is 0 Å². The molecule has 2 rings (SSSR count). The first-order chi connectivity index (χ1) is 9.65. The van der Waals surface area contributed by atoms with E-state index >= 15 is 0 Å². The van der Waals surface area contributed by atoms with Crippen LogP contribution in [0.1, 0.15) is 29.0 Å². The number of carbonyl (C=O) groups excluding carboxylic acids is 2. The van der Waals surface area contributed by atoms with Crippen molar-refractivity contribution in [1.82, 2.24) is 4.90 Å². The highest BCUT2D eigenvalue weighted by Crippen LogP contribution is 2.21. The Morgan fingerprint density at radius 3 is 2.90 bits per heavy atom. The topological polar surface area (TPSA) is 69.0 Å². The lowest BCUT2D eigenvalue weighted by molar-refractivity contribution is -0.147. The van der Waals surface area contributed by atoms with Gasteiger partial charge in [-0.1, -0.05) is 0 Å². The Kier molecular flexibility index (Phi) is 4.79. The molecule has 1 atom stereocenters. The molecule has 0 bridgehead atoms. The number of hydrogen-bond acceptors (Lipinski definition) is 6. The van der Waals surface area contributed by atoms with E-state index in [0.29, 0.717) is 24.4 Å². The summed E-state index contributed by atoms with van der Waals surface area (Å²) in [6.45, 7) is 1.98. The zero-order valence-electron chi connectivity index (χ0n) is 11.8. The van der Waals surface area contributed by atoms with Crippen molar-refractivity contribution in [1.29, 1.82) is 0 Å². The molecule has 1 aliphatic rings. The van der Waals surface area contributed by atoms with Gasteiger partial charge in [0.2, 0.25) is 0 Å². The van der Waals surface area contributed by atoms with Gasteiger partial charge >= 0.3 is 11.9 Å². The minimum absolute atomic E-state index is 0.106. The molecule has 1 saturated heterocycles. The molecule has 110 valence electrons. The van der Waals surface area contributed by atoms with Crippen molar-refractivity contribution in [3.05, 3.63) is 23.7 Å². The van der Waals surface area contributed by atoms with Crippen LogP contribution in [0.5, 0.6) is 0 Å². The Morgan fingerprint density at radius 2 is 2.20 bits per heavy atom. The molecule has 0 aromatic carbocycles. The summed E-state index contributed by atoms with van der Waals surface area (Å²) >= 11 is 0. The first-order valence-electron chi connectivity index (χ1n) is 6.60. The summed E-state index contributed by atoms with van der Waals surface area (Å²) in [5.41, 5.74) is 0.438. The van der Waals surface area contributed by atoms with Gasteiger partial charge in [0, 0.05) is 6.54 Å². The Balaban J connectivity index is 2.01. The molecule has 1 fully saturated rings. The number of piperidine rings is 1. The summed E-state index contributed by atoms with van der Waals surface area (Å²) < 4.78 is 14.9. The molecule has 0 saturated carbocycles. The number of likely N-dealkylation sites (tertiary alicyclic amines) is 1. The number of hydrogen-bond donors (Lipinski definition) is 0. The molecular formula is C14H19NO5. The number of carbonyl (C=O) groups is 2. The second kappa shape index (κ2) is 6.56. The molecule has 0 spiro atoms. The molecule has 1 aromatic rings. The summed E-state index contributed by atoms with van der Waals surface area (Å²) in [6.07, 6.45) is 3.24. The summed E-state index contributed by atoms with van der Waals surface area (Å²) in [6, 6.07) is 1.60. The Labute approximate surface area is 117 Å². The Bertz CT molecular complexity index is 482. The SMILES string of the molecule is COC(=O)c1ccoc1CN1CCC[C@H](C(=O)OC)C1. The van der Waals surface area contributed by atoms with E-state index in [4.69, 9.17) is 13.9 Å². The highest BCUT2D eigenvalue weighted by molar-refractivity contribution is 5.90. The summed E-state index contributed by atoms with van der Waals surface area (Å²) in [4.78, 5) is 25.3. The summed E-state index contributed by atoms with van der Waals surface area (Å²) in [5, 5.41) is 0. The quantitative estimate of drug-likeness (QED) is 0.778. The summed E-state index contributed by atoms with van der Waals surface area (Å²) in [5.74, 6) is -0.120. The van der Waals surface area contributed by atoms with Gasteiger partial charge in [-0.05, 0) is 25.5 Å². The molecule has 20 heavy (non-hydrogen) atoms. The molecular weight excluding hydrogens is 262 g/mol. The maximum atomic E-state index is 11.6. The fraction of sp³-hybridized carbons (Fsp3) is 0.571. The van der Waals surface area contributed by atoms with E-state index in [9.17, 15) is 9.59 Å². The molecule has 1 aliphatic heterocycles. The van der Waals surface area contributed by atoms with Crippen molar-refractivity contribution in [3.8, 4) is 0 Å². The maximum absolute atomic E-state index is 11.6. The number of nitrogens with zero attached hydrogens (tertiary/aromatic N) is 1. The highest BCUT2D eigenvalue weighted by atomic mass is 16.5. The van der Waals surface area contributed by atoms with Crippen molar-refractivity contribution in [2.24, 2.45) is 5.92 Å². The fourth-order valence-electron chi connectivity index (χ4n) is 2.52. The predicted molar refractivity (Wildman–Crippen MR) is 70.1 cm³/mol. The highest BCUT2D eigenvalue weighted by Gasteiger charge is 2.28. The van der Waals surface area contributed by atoms with Crippen molar-refractivity contribution in [2.45, 2.75) is 19.4 Å². The Morgan fingerprint density at radius 1 is 1.40 bits per heavy atom. The number of rotatable bonds is 4. The van der Waals surface area contributed by atoms with Crippen molar-refractivity contribution in [3.63, 3.8) is 0 Å². The number of ether oxygens (including phenoxy) is 2. The van der Waals surface area contributed by atoms with E-state index in [2.05, 4.69) is 4.90 Å². The van der Waals surface area contributed by atoms with E-state index in [1.807, 2.05) is 0 Å². The molecule has 2 heterocycles. The lowest BCUT2D eigenvalue weighted by Gasteiger charge is -2.30. The van der Waals surface area contributed by atoms with Gasteiger partial charge in [0.1, 0.15) is 11.3 Å². The number of methoxy groups -OCH3 is 2. The van der Waals surface area contributed by atoms with E-state index in [1.165, 1.54) is 20.5 Å². The molecule has 0 radical (unpaired) electrons. The molecule has 0 unspecified atom stereocenters. The zero-order chi connectivity index (χ0) is 14.5.